The molecular formula is C21H14Cl2N2O2. The first-order chi connectivity index (χ1) is 13.0. The molecule has 0 atom stereocenters. The highest BCUT2D eigenvalue weighted by Gasteiger charge is 2.10. The minimum atomic E-state index is -0.334. The molecule has 1 amide bonds. The van der Waals surface area contributed by atoms with Crippen LogP contribution in [-0.2, 0) is 4.79 Å². The fraction of sp³-hybridized carbons (Fsp3) is 0. The van der Waals surface area contributed by atoms with Crippen LogP contribution in [0.2, 0.25) is 10.0 Å². The molecule has 0 fully saturated rings. The van der Waals surface area contributed by atoms with Crippen LogP contribution in [0.3, 0.4) is 0 Å². The van der Waals surface area contributed by atoms with Gasteiger partial charge in [0.05, 0.1) is 0 Å². The van der Waals surface area contributed by atoms with Crippen LogP contribution >= 0.6 is 23.2 Å². The highest BCUT2D eigenvalue weighted by Crippen LogP contribution is 2.15. The Balaban J connectivity index is 1.64. The summed E-state index contributed by atoms with van der Waals surface area (Å²) in [4.78, 5) is 28.5. The molecule has 4 nitrogen and oxygen atoms in total. The first kappa shape index (κ1) is 18.8. The Kier molecular flexibility index (Phi) is 6.01. The van der Waals surface area contributed by atoms with Crippen LogP contribution in [0.5, 0.6) is 0 Å². The number of amides is 1. The van der Waals surface area contributed by atoms with Crippen molar-refractivity contribution in [1.29, 1.82) is 0 Å². The van der Waals surface area contributed by atoms with Crippen LogP contribution in [0.15, 0.2) is 72.9 Å². The van der Waals surface area contributed by atoms with Crippen molar-refractivity contribution < 1.29 is 9.59 Å². The topological polar surface area (TPSA) is 59.1 Å². The zero-order chi connectivity index (χ0) is 19.2. The van der Waals surface area contributed by atoms with Crippen molar-refractivity contribution in [2.24, 2.45) is 0 Å². The summed E-state index contributed by atoms with van der Waals surface area (Å²) in [7, 11) is 0. The lowest BCUT2D eigenvalue weighted by molar-refractivity contribution is -0.111. The molecule has 0 aliphatic rings. The zero-order valence-corrected chi connectivity index (χ0v) is 15.5. The SMILES string of the molecule is O=C(/C=C/c1cccc(Cl)c1)Nc1ccc(C(=O)c2ccc(Cl)cc2)cn1. The van der Waals surface area contributed by atoms with Crippen molar-refractivity contribution in [2.75, 3.05) is 5.32 Å². The predicted octanol–water partition coefficient (Wildman–Crippen LogP) is 5.27. The first-order valence-electron chi connectivity index (χ1n) is 8.02. The molecule has 3 aromatic rings. The Bertz CT molecular complexity index is 997. The summed E-state index contributed by atoms with van der Waals surface area (Å²) < 4.78 is 0. The largest absolute Gasteiger partial charge is 0.307 e. The van der Waals surface area contributed by atoms with Gasteiger partial charge in [-0.1, -0.05) is 35.3 Å². The third kappa shape index (κ3) is 5.26. The highest BCUT2D eigenvalue weighted by atomic mass is 35.5. The number of aromatic nitrogens is 1. The molecule has 1 aromatic heterocycles. The number of halogens is 2. The quantitative estimate of drug-likeness (QED) is 0.471. The number of rotatable bonds is 5. The van der Waals surface area contributed by atoms with Gasteiger partial charge in [-0.25, -0.2) is 4.98 Å². The van der Waals surface area contributed by atoms with Gasteiger partial charge in [0.1, 0.15) is 5.82 Å². The normalized spacial score (nSPS) is 10.7. The number of carbonyl (C=O) groups excluding carboxylic acids is 2. The van der Waals surface area contributed by atoms with Gasteiger partial charge in [0.15, 0.2) is 5.78 Å². The number of hydrogen-bond donors (Lipinski definition) is 1. The van der Waals surface area contributed by atoms with E-state index in [0.717, 1.165) is 5.56 Å². The molecule has 1 N–H and O–H groups in total. The van der Waals surface area contributed by atoms with Gasteiger partial charge in [-0.15, -0.1) is 0 Å². The summed E-state index contributed by atoms with van der Waals surface area (Å²) in [5.74, 6) is -0.152. The van der Waals surface area contributed by atoms with E-state index in [-0.39, 0.29) is 11.7 Å². The molecule has 0 unspecified atom stereocenters. The molecule has 6 heteroatoms. The Hall–Kier alpha value is -2.95. The fourth-order valence-corrected chi connectivity index (χ4v) is 2.64. The molecule has 0 radical (unpaired) electrons. The van der Waals surface area contributed by atoms with Crippen molar-refractivity contribution >= 4 is 46.8 Å². The van der Waals surface area contributed by atoms with Crippen LogP contribution in [0, 0.1) is 0 Å². The van der Waals surface area contributed by atoms with E-state index in [9.17, 15) is 9.59 Å². The molecule has 1 heterocycles. The van der Waals surface area contributed by atoms with E-state index in [2.05, 4.69) is 10.3 Å². The van der Waals surface area contributed by atoms with Gasteiger partial charge in [-0.05, 0) is 60.2 Å². The molecular weight excluding hydrogens is 383 g/mol. The number of carbonyl (C=O) groups is 2. The summed E-state index contributed by atoms with van der Waals surface area (Å²) >= 11 is 11.7. The Labute approximate surface area is 166 Å². The van der Waals surface area contributed by atoms with Gasteiger partial charge >= 0.3 is 0 Å². The second-order valence-corrected chi connectivity index (χ2v) is 6.52. The molecule has 0 bridgehead atoms. The average molecular weight is 397 g/mol. The van der Waals surface area contributed by atoms with Crippen molar-refractivity contribution in [3.8, 4) is 0 Å². The predicted molar refractivity (Wildman–Crippen MR) is 108 cm³/mol. The standard InChI is InChI=1S/C21H14Cl2N2O2/c22-17-8-5-15(6-9-17)21(27)16-7-10-19(24-13-16)25-20(26)11-4-14-2-1-3-18(23)12-14/h1-13H,(H,24,25,26)/b11-4+. The van der Waals surface area contributed by atoms with Gasteiger partial charge in [0.25, 0.3) is 0 Å². The Morgan fingerprint density at radius 3 is 2.30 bits per heavy atom. The molecule has 0 aliphatic heterocycles. The number of anilines is 1. The smallest absolute Gasteiger partial charge is 0.249 e. The van der Waals surface area contributed by atoms with Crippen molar-refractivity contribution in [3.05, 3.63) is 99.7 Å². The number of hydrogen-bond acceptors (Lipinski definition) is 3. The molecule has 3 rings (SSSR count). The van der Waals surface area contributed by atoms with E-state index >= 15 is 0 Å². The Morgan fingerprint density at radius 1 is 0.889 bits per heavy atom. The van der Waals surface area contributed by atoms with E-state index in [1.165, 1.54) is 12.3 Å². The second kappa shape index (κ2) is 8.62. The minimum Gasteiger partial charge on any atom is -0.307 e. The average Bonchev–Trinajstić information content (AvgIpc) is 2.67. The van der Waals surface area contributed by atoms with Crippen LogP contribution in [0.1, 0.15) is 21.5 Å². The molecule has 0 aliphatic carbocycles. The maximum Gasteiger partial charge on any atom is 0.249 e. The summed E-state index contributed by atoms with van der Waals surface area (Å²) in [6.07, 6.45) is 4.47. The third-order valence-electron chi connectivity index (χ3n) is 3.66. The number of benzene rings is 2. The number of nitrogens with one attached hydrogen (secondary N) is 1. The molecule has 134 valence electrons. The van der Waals surface area contributed by atoms with Crippen LogP contribution in [-0.4, -0.2) is 16.7 Å². The van der Waals surface area contributed by atoms with E-state index in [4.69, 9.17) is 23.2 Å². The van der Waals surface area contributed by atoms with E-state index in [0.29, 0.717) is 27.0 Å². The van der Waals surface area contributed by atoms with Gasteiger partial charge in [-0.3, -0.25) is 9.59 Å². The molecule has 0 saturated carbocycles. The zero-order valence-electron chi connectivity index (χ0n) is 14.0. The van der Waals surface area contributed by atoms with Crippen LogP contribution in [0.25, 0.3) is 6.08 Å². The third-order valence-corrected chi connectivity index (χ3v) is 4.15. The highest BCUT2D eigenvalue weighted by molar-refractivity contribution is 6.31. The lowest BCUT2D eigenvalue weighted by atomic mass is 10.1. The van der Waals surface area contributed by atoms with Crippen LogP contribution < -0.4 is 5.32 Å². The van der Waals surface area contributed by atoms with Gasteiger partial charge in [0.2, 0.25) is 5.91 Å². The minimum absolute atomic E-state index is 0.169. The maximum absolute atomic E-state index is 12.4. The van der Waals surface area contributed by atoms with Crippen molar-refractivity contribution in [2.45, 2.75) is 0 Å². The van der Waals surface area contributed by atoms with Crippen LogP contribution in [0.4, 0.5) is 5.82 Å². The number of ketones is 1. The summed E-state index contributed by atoms with van der Waals surface area (Å²) in [5, 5.41) is 3.80. The maximum atomic E-state index is 12.4. The van der Waals surface area contributed by atoms with Gasteiger partial charge in [-0.2, -0.15) is 0 Å². The number of pyridine rings is 1. The van der Waals surface area contributed by atoms with Crippen molar-refractivity contribution in [1.82, 2.24) is 4.98 Å². The summed E-state index contributed by atoms with van der Waals surface area (Å²) in [6.45, 7) is 0. The van der Waals surface area contributed by atoms with E-state index < -0.39 is 0 Å². The van der Waals surface area contributed by atoms with Crippen molar-refractivity contribution in [3.63, 3.8) is 0 Å². The lowest BCUT2D eigenvalue weighted by Crippen LogP contribution is -2.10. The van der Waals surface area contributed by atoms with Gasteiger partial charge < -0.3 is 5.32 Å². The Morgan fingerprint density at radius 2 is 1.63 bits per heavy atom. The summed E-state index contributed by atoms with van der Waals surface area (Å²) in [5.41, 5.74) is 1.75. The van der Waals surface area contributed by atoms with Gasteiger partial charge in [0, 0.05) is 33.4 Å². The van der Waals surface area contributed by atoms with E-state index in [1.54, 1.807) is 60.7 Å². The molecule has 0 spiro atoms. The first-order valence-corrected chi connectivity index (χ1v) is 8.78. The molecule has 27 heavy (non-hydrogen) atoms. The fourth-order valence-electron chi connectivity index (χ4n) is 2.32. The summed E-state index contributed by atoms with van der Waals surface area (Å²) in [6, 6.07) is 17.0. The lowest BCUT2D eigenvalue weighted by Gasteiger charge is -2.04. The monoisotopic (exact) mass is 396 g/mol. The molecule has 2 aromatic carbocycles. The van der Waals surface area contributed by atoms with E-state index in [1.807, 2.05) is 6.07 Å². The number of nitrogens with zero attached hydrogens (tertiary/aromatic N) is 1. The molecule has 0 saturated heterocycles. The second-order valence-electron chi connectivity index (χ2n) is 5.65.